The minimum absolute atomic E-state index is 0.156. The molecule has 50 heavy (non-hydrogen) atoms. The lowest BCUT2D eigenvalue weighted by Gasteiger charge is -2.22. The predicted octanol–water partition coefficient (Wildman–Crippen LogP) is 10.5. The Bertz CT molecular complexity index is 1520. The van der Waals surface area contributed by atoms with Gasteiger partial charge in [0.25, 0.3) is 0 Å². The molecular weight excluding hydrogens is 652 g/mol. The molecule has 3 rings (SSSR count). The molecule has 0 saturated carbocycles. The second kappa shape index (κ2) is 19.7. The zero-order valence-corrected chi connectivity index (χ0v) is 29.2. The molecule has 0 N–H and O–H groups in total. The molecule has 0 fully saturated rings. The van der Waals surface area contributed by atoms with Crippen LogP contribution in [0.25, 0.3) is 0 Å². The molecule has 10 heteroatoms. The van der Waals surface area contributed by atoms with Gasteiger partial charge in [-0.2, -0.15) is 17.6 Å². The van der Waals surface area contributed by atoms with Gasteiger partial charge in [0.2, 0.25) is 0 Å². The van der Waals surface area contributed by atoms with Gasteiger partial charge in [0.1, 0.15) is 11.5 Å². The third-order valence-corrected chi connectivity index (χ3v) is 8.06. The molecule has 0 amide bonds. The lowest BCUT2D eigenvalue weighted by molar-refractivity contribution is -0.188. The first-order valence-electron chi connectivity index (χ1n) is 17.2. The Morgan fingerprint density at radius 3 is 1.62 bits per heavy atom. The summed E-state index contributed by atoms with van der Waals surface area (Å²) in [5.74, 6) is -0.942. The Morgan fingerprint density at radius 1 is 0.660 bits per heavy atom. The van der Waals surface area contributed by atoms with E-state index in [2.05, 4.69) is 6.58 Å². The Morgan fingerprint density at radius 2 is 1.14 bits per heavy atom. The van der Waals surface area contributed by atoms with E-state index in [4.69, 9.17) is 18.9 Å². The first kappa shape index (κ1) is 40.1. The Hall–Kier alpha value is -4.34. The van der Waals surface area contributed by atoms with E-state index >= 15 is 17.6 Å². The van der Waals surface area contributed by atoms with Gasteiger partial charge in [-0.3, -0.25) is 4.79 Å². The van der Waals surface area contributed by atoms with E-state index in [0.29, 0.717) is 25.2 Å². The van der Waals surface area contributed by atoms with E-state index in [1.165, 1.54) is 49.4 Å². The quantitative estimate of drug-likeness (QED) is 0.0450. The Labute approximate surface area is 292 Å². The molecule has 3 aromatic carbocycles. The number of benzene rings is 3. The number of alkyl halides is 4. The van der Waals surface area contributed by atoms with Gasteiger partial charge in [0.15, 0.2) is 0 Å². The van der Waals surface area contributed by atoms with Gasteiger partial charge in [-0.15, -0.1) is 0 Å². The Kier molecular flexibility index (Phi) is 15.8. The van der Waals surface area contributed by atoms with Crippen LogP contribution in [0.4, 0.5) is 17.6 Å². The molecule has 0 aliphatic rings. The van der Waals surface area contributed by atoms with E-state index in [-0.39, 0.29) is 34.2 Å². The number of esters is 2. The molecule has 0 heterocycles. The zero-order chi connectivity index (χ0) is 36.6. The van der Waals surface area contributed by atoms with Crippen molar-refractivity contribution in [3.05, 3.63) is 107 Å². The van der Waals surface area contributed by atoms with Crippen LogP contribution in [-0.2, 0) is 44.1 Å². The second-order valence-corrected chi connectivity index (χ2v) is 12.4. The summed E-state index contributed by atoms with van der Waals surface area (Å²) in [7, 11) is 0. The van der Waals surface area contributed by atoms with Crippen LogP contribution in [0.5, 0.6) is 11.5 Å². The Balaban J connectivity index is 1.44. The summed E-state index contributed by atoms with van der Waals surface area (Å²) in [5, 5.41) is 0. The van der Waals surface area contributed by atoms with Crippen LogP contribution in [0.3, 0.4) is 0 Å². The zero-order valence-electron chi connectivity index (χ0n) is 29.2. The van der Waals surface area contributed by atoms with Crippen molar-refractivity contribution in [2.24, 2.45) is 0 Å². The third kappa shape index (κ3) is 13.5. The molecule has 0 aromatic heterocycles. The van der Waals surface area contributed by atoms with Gasteiger partial charge in [-0.1, -0.05) is 63.5 Å². The van der Waals surface area contributed by atoms with Crippen LogP contribution >= 0.6 is 0 Å². The first-order valence-corrected chi connectivity index (χ1v) is 17.2. The van der Waals surface area contributed by atoms with Crippen LogP contribution in [0.2, 0.25) is 0 Å². The predicted molar refractivity (Wildman–Crippen MR) is 184 cm³/mol. The molecule has 0 bridgehead atoms. The van der Waals surface area contributed by atoms with Crippen LogP contribution in [0.1, 0.15) is 99.5 Å². The highest BCUT2D eigenvalue weighted by atomic mass is 19.3. The summed E-state index contributed by atoms with van der Waals surface area (Å²) in [6, 6.07) is 15.4. The maximum Gasteiger partial charge on any atom is 0.426 e. The normalized spacial score (nSPS) is 11.6. The number of rotatable bonds is 22. The molecular formula is C40H48F4O6. The number of ether oxygens (including phenoxy) is 4. The lowest BCUT2D eigenvalue weighted by Crippen LogP contribution is -2.23. The van der Waals surface area contributed by atoms with Gasteiger partial charge in [0.05, 0.1) is 24.3 Å². The van der Waals surface area contributed by atoms with Crippen molar-refractivity contribution in [1.29, 1.82) is 0 Å². The SMILES string of the molecule is C=C(C)C(=O)OCCCCCCc1ccc(C(F)(F)Oc2ccc(OC(F)(F)c3ccc(CCCCCCOC(=O)CC)cc3)c(C)c2)cc1. The number of hydrogen-bond donors (Lipinski definition) is 0. The van der Waals surface area contributed by atoms with Gasteiger partial charge in [0, 0.05) is 12.0 Å². The van der Waals surface area contributed by atoms with Crippen LogP contribution in [0.15, 0.2) is 78.9 Å². The molecule has 0 aliphatic carbocycles. The van der Waals surface area contributed by atoms with E-state index in [1.54, 1.807) is 38.1 Å². The fourth-order valence-electron chi connectivity index (χ4n) is 5.08. The van der Waals surface area contributed by atoms with Crippen molar-refractivity contribution in [1.82, 2.24) is 0 Å². The number of carbonyl (C=O) groups is 2. The van der Waals surface area contributed by atoms with Crippen molar-refractivity contribution < 1.29 is 46.1 Å². The van der Waals surface area contributed by atoms with Crippen LogP contribution in [-0.4, -0.2) is 25.2 Å². The largest absolute Gasteiger partial charge is 0.466 e. The summed E-state index contributed by atoms with van der Waals surface area (Å²) in [6.07, 6.45) is 1.43. The van der Waals surface area contributed by atoms with Crippen molar-refractivity contribution in [2.45, 2.75) is 104 Å². The molecule has 3 aromatic rings. The number of carbonyl (C=O) groups excluding carboxylic acids is 2. The van der Waals surface area contributed by atoms with Crippen molar-refractivity contribution >= 4 is 11.9 Å². The average Bonchev–Trinajstić information content (AvgIpc) is 3.08. The highest BCUT2D eigenvalue weighted by molar-refractivity contribution is 5.86. The fraction of sp³-hybridized carbons (Fsp3) is 0.450. The smallest absolute Gasteiger partial charge is 0.426 e. The number of aryl methyl sites for hydroxylation is 3. The highest BCUT2D eigenvalue weighted by Crippen LogP contribution is 2.37. The number of halogens is 4. The summed E-state index contributed by atoms with van der Waals surface area (Å²) in [5.41, 5.74) is 1.75. The lowest BCUT2D eigenvalue weighted by atomic mass is 10.0. The summed E-state index contributed by atoms with van der Waals surface area (Å²) in [4.78, 5) is 22.5. The van der Waals surface area contributed by atoms with E-state index < -0.39 is 18.2 Å². The molecule has 0 radical (unpaired) electrons. The summed E-state index contributed by atoms with van der Waals surface area (Å²) in [6.45, 7) is 9.13. The molecule has 0 spiro atoms. The summed E-state index contributed by atoms with van der Waals surface area (Å²) < 4.78 is 80.3. The fourth-order valence-corrected chi connectivity index (χ4v) is 5.08. The van der Waals surface area contributed by atoms with E-state index in [0.717, 1.165) is 75.3 Å². The van der Waals surface area contributed by atoms with Gasteiger partial charge in [-0.25, -0.2) is 4.79 Å². The van der Waals surface area contributed by atoms with Crippen molar-refractivity contribution in [3.8, 4) is 11.5 Å². The van der Waals surface area contributed by atoms with Crippen LogP contribution in [0, 0.1) is 6.92 Å². The van der Waals surface area contributed by atoms with Gasteiger partial charge in [-0.05, 0) is 112 Å². The van der Waals surface area contributed by atoms with Crippen LogP contribution < -0.4 is 9.47 Å². The molecule has 0 atom stereocenters. The molecule has 272 valence electrons. The minimum Gasteiger partial charge on any atom is -0.466 e. The van der Waals surface area contributed by atoms with E-state index in [1.807, 2.05) is 0 Å². The highest BCUT2D eigenvalue weighted by Gasteiger charge is 2.36. The molecule has 0 saturated heterocycles. The van der Waals surface area contributed by atoms with E-state index in [9.17, 15) is 9.59 Å². The van der Waals surface area contributed by atoms with Gasteiger partial charge < -0.3 is 18.9 Å². The monoisotopic (exact) mass is 700 g/mol. The summed E-state index contributed by atoms with van der Waals surface area (Å²) >= 11 is 0. The second-order valence-electron chi connectivity index (χ2n) is 12.4. The maximum absolute atomic E-state index is 15.1. The standard InChI is InChI=1S/C40H48F4O6/c1-5-37(45)47-26-12-8-6-10-14-32-18-22-34(23-19-32)40(43,44)50-36-25-24-35(28-30(36)4)49-39(41,42)33-20-16-31(17-21-33)15-11-7-9-13-27-48-38(46)29(2)3/h16-25,28H,2,5-15,26-27H2,1,3-4H3. The molecule has 6 nitrogen and oxygen atoms in total. The number of unbranched alkanes of at least 4 members (excludes halogenated alkanes) is 6. The minimum atomic E-state index is -3.65. The topological polar surface area (TPSA) is 71.1 Å². The third-order valence-electron chi connectivity index (χ3n) is 8.06. The number of hydrogen-bond acceptors (Lipinski definition) is 6. The van der Waals surface area contributed by atoms with Crippen molar-refractivity contribution in [3.63, 3.8) is 0 Å². The maximum atomic E-state index is 15.1. The van der Waals surface area contributed by atoms with Gasteiger partial charge >= 0.3 is 24.2 Å². The average molecular weight is 701 g/mol. The molecule has 0 unspecified atom stereocenters. The first-order chi connectivity index (χ1) is 23.8. The molecule has 0 aliphatic heterocycles. The van der Waals surface area contributed by atoms with Crippen molar-refractivity contribution in [2.75, 3.05) is 13.2 Å².